The Labute approximate surface area is 250 Å². The Balaban J connectivity index is 1.13. The first kappa shape index (κ1) is 29.7. The van der Waals surface area contributed by atoms with E-state index in [1.54, 1.807) is 24.3 Å². The lowest BCUT2D eigenvalue weighted by Crippen LogP contribution is -2.30. The van der Waals surface area contributed by atoms with Gasteiger partial charge in [0.1, 0.15) is 0 Å². The number of hydrogen-bond acceptors (Lipinski definition) is 7. The first-order chi connectivity index (χ1) is 20.7. The predicted molar refractivity (Wildman–Crippen MR) is 159 cm³/mol. The van der Waals surface area contributed by atoms with Crippen molar-refractivity contribution in [2.24, 2.45) is 17.8 Å². The highest BCUT2D eigenvalue weighted by Gasteiger charge is 2.50. The maximum absolute atomic E-state index is 13.3. The number of ether oxygens (including phenoxy) is 2. The summed E-state index contributed by atoms with van der Waals surface area (Å²) in [5.74, 6) is -2.34. The van der Waals surface area contributed by atoms with Crippen molar-refractivity contribution in [3.05, 3.63) is 95.6 Å². The van der Waals surface area contributed by atoms with Crippen LogP contribution in [0.25, 0.3) is 0 Å². The van der Waals surface area contributed by atoms with E-state index < -0.39 is 24.5 Å². The number of imide groups is 1. The largest absolute Gasteiger partial charge is 0.462 e. The Morgan fingerprint density at radius 3 is 2.05 bits per heavy atom. The molecule has 1 N–H and O–H groups in total. The Bertz CT molecular complexity index is 1500. The second-order valence-corrected chi connectivity index (χ2v) is 11.4. The molecule has 9 nitrogen and oxygen atoms in total. The highest BCUT2D eigenvalue weighted by atomic mass is 16.5. The second kappa shape index (κ2) is 13.0. The van der Waals surface area contributed by atoms with Crippen LogP contribution >= 0.6 is 0 Å². The van der Waals surface area contributed by atoms with Gasteiger partial charge in [-0.15, -0.1) is 0 Å². The zero-order valence-corrected chi connectivity index (χ0v) is 24.2. The van der Waals surface area contributed by atoms with Crippen LogP contribution in [0.3, 0.4) is 0 Å². The average Bonchev–Trinajstić information content (AvgIpc) is 3.28. The molecule has 1 aliphatic carbocycles. The molecule has 3 aromatic rings. The number of carbonyl (C=O) groups is 5. The average molecular weight is 583 g/mol. The number of anilines is 2. The van der Waals surface area contributed by atoms with Crippen LogP contribution in [0.4, 0.5) is 11.4 Å². The predicted octanol–water partition coefficient (Wildman–Crippen LogP) is 5.37. The van der Waals surface area contributed by atoms with E-state index in [0.29, 0.717) is 36.4 Å². The number of nitrogens with zero attached hydrogens (tertiary/aromatic N) is 1. The van der Waals surface area contributed by atoms with E-state index in [1.807, 2.05) is 32.0 Å². The standard InChI is InChI=1S/C34H34N2O7/c1-21(2)19-42-33(40)23-8-13-26(14-9-23)35-30(37)20-43-34(41)24-10-15-27(16-11-24)36-31(38)28-17-12-25(18-29(28)32(36)39)22-6-4-3-5-7-22/h3-11,13-16,21,25,28-29H,12,17-20H2,1-2H3,(H,35,37)/t25-,28-,29-/m1/s1. The van der Waals surface area contributed by atoms with Crippen molar-refractivity contribution >= 4 is 41.0 Å². The molecular formula is C34H34N2O7. The van der Waals surface area contributed by atoms with Gasteiger partial charge in [0.25, 0.3) is 5.91 Å². The minimum absolute atomic E-state index is 0.182. The summed E-state index contributed by atoms with van der Waals surface area (Å²) in [4.78, 5) is 64.7. The summed E-state index contributed by atoms with van der Waals surface area (Å²) in [6, 6.07) is 22.3. The number of benzene rings is 3. The van der Waals surface area contributed by atoms with E-state index in [0.717, 1.165) is 6.42 Å². The van der Waals surface area contributed by atoms with E-state index in [2.05, 4.69) is 17.4 Å². The van der Waals surface area contributed by atoms with Crippen molar-refractivity contribution in [2.45, 2.75) is 39.0 Å². The van der Waals surface area contributed by atoms with Gasteiger partial charge in [-0.2, -0.15) is 0 Å². The molecule has 0 spiro atoms. The molecule has 5 rings (SSSR count). The van der Waals surface area contributed by atoms with Gasteiger partial charge in [0, 0.05) is 5.69 Å². The molecule has 0 radical (unpaired) electrons. The Morgan fingerprint density at radius 1 is 0.791 bits per heavy atom. The second-order valence-electron chi connectivity index (χ2n) is 11.4. The molecule has 1 saturated heterocycles. The number of carbonyl (C=O) groups excluding carboxylic acids is 5. The van der Waals surface area contributed by atoms with Gasteiger partial charge in [-0.3, -0.25) is 19.3 Å². The summed E-state index contributed by atoms with van der Waals surface area (Å²) in [6.45, 7) is 3.68. The third-order valence-corrected chi connectivity index (χ3v) is 7.84. The van der Waals surface area contributed by atoms with Gasteiger partial charge in [0.05, 0.1) is 35.3 Å². The normalized spacial score (nSPS) is 19.6. The number of amides is 3. The van der Waals surface area contributed by atoms with Crippen LogP contribution in [-0.2, 0) is 23.9 Å². The monoisotopic (exact) mass is 582 g/mol. The van der Waals surface area contributed by atoms with Crippen LogP contribution in [0.2, 0.25) is 0 Å². The Hall–Kier alpha value is -4.79. The summed E-state index contributed by atoms with van der Waals surface area (Å²) in [6.07, 6.45) is 2.15. The molecule has 1 saturated carbocycles. The molecule has 1 heterocycles. The molecule has 0 aromatic heterocycles. The van der Waals surface area contributed by atoms with E-state index in [9.17, 15) is 24.0 Å². The van der Waals surface area contributed by atoms with Gasteiger partial charge >= 0.3 is 11.9 Å². The quantitative estimate of drug-likeness (QED) is 0.266. The lowest BCUT2D eigenvalue weighted by atomic mass is 9.73. The summed E-state index contributed by atoms with van der Waals surface area (Å²) in [5.41, 5.74) is 2.57. The molecule has 3 aromatic carbocycles. The number of nitrogens with one attached hydrogen (secondary N) is 1. The smallest absolute Gasteiger partial charge is 0.338 e. The highest BCUT2D eigenvalue weighted by molar-refractivity contribution is 6.22. The fourth-order valence-electron chi connectivity index (χ4n) is 5.64. The van der Waals surface area contributed by atoms with Crippen molar-refractivity contribution in [2.75, 3.05) is 23.4 Å². The van der Waals surface area contributed by atoms with E-state index in [-0.39, 0.29) is 41.0 Å². The molecule has 9 heteroatoms. The zero-order chi connectivity index (χ0) is 30.5. The molecule has 3 amide bonds. The van der Waals surface area contributed by atoms with Gasteiger partial charge in [-0.1, -0.05) is 44.2 Å². The molecule has 0 unspecified atom stereocenters. The van der Waals surface area contributed by atoms with Crippen molar-refractivity contribution in [1.29, 1.82) is 0 Å². The number of fused-ring (bicyclic) bond motifs is 1. The molecule has 222 valence electrons. The molecule has 1 aliphatic heterocycles. The maximum Gasteiger partial charge on any atom is 0.338 e. The van der Waals surface area contributed by atoms with E-state index in [4.69, 9.17) is 9.47 Å². The van der Waals surface area contributed by atoms with Crippen LogP contribution in [0.1, 0.15) is 65.3 Å². The molecule has 2 aliphatic rings. The molecule has 3 atom stereocenters. The van der Waals surface area contributed by atoms with Crippen LogP contribution in [0, 0.1) is 17.8 Å². The molecule has 2 fully saturated rings. The van der Waals surface area contributed by atoms with Crippen LogP contribution in [-0.4, -0.2) is 42.9 Å². The van der Waals surface area contributed by atoms with Gasteiger partial charge in [-0.05, 0) is 85.2 Å². The third-order valence-electron chi connectivity index (χ3n) is 7.84. The number of esters is 2. The topological polar surface area (TPSA) is 119 Å². The lowest BCUT2D eigenvalue weighted by molar-refractivity contribution is -0.122. The lowest BCUT2D eigenvalue weighted by Gasteiger charge is -2.28. The van der Waals surface area contributed by atoms with Crippen LogP contribution in [0.15, 0.2) is 78.9 Å². The van der Waals surface area contributed by atoms with Crippen molar-refractivity contribution in [1.82, 2.24) is 0 Å². The van der Waals surface area contributed by atoms with Gasteiger partial charge in [0.15, 0.2) is 6.61 Å². The maximum atomic E-state index is 13.3. The van der Waals surface area contributed by atoms with Gasteiger partial charge in [0.2, 0.25) is 11.8 Å². The summed E-state index contributed by atoms with van der Waals surface area (Å²) in [5, 5.41) is 2.61. The summed E-state index contributed by atoms with van der Waals surface area (Å²) in [7, 11) is 0. The van der Waals surface area contributed by atoms with Crippen LogP contribution in [0.5, 0.6) is 0 Å². The number of hydrogen-bond donors (Lipinski definition) is 1. The van der Waals surface area contributed by atoms with Gasteiger partial charge < -0.3 is 14.8 Å². The first-order valence-electron chi connectivity index (χ1n) is 14.5. The molecule has 43 heavy (non-hydrogen) atoms. The van der Waals surface area contributed by atoms with E-state index in [1.165, 1.54) is 34.7 Å². The third kappa shape index (κ3) is 6.83. The fraction of sp³-hybridized carbons (Fsp3) is 0.324. The fourth-order valence-corrected chi connectivity index (χ4v) is 5.64. The van der Waals surface area contributed by atoms with Crippen molar-refractivity contribution in [3.8, 4) is 0 Å². The van der Waals surface area contributed by atoms with Crippen molar-refractivity contribution < 1.29 is 33.4 Å². The van der Waals surface area contributed by atoms with E-state index >= 15 is 0 Å². The highest BCUT2D eigenvalue weighted by Crippen LogP contribution is 2.45. The summed E-state index contributed by atoms with van der Waals surface area (Å²) < 4.78 is 10.3. The summed E-state index contributed by atoms with van der Waals surface area (Å²) >= 11 is 0. The number of rotatable bonds is 9. The zero-order valence-electron chi connectivity index (χ0n) is 24.2. The Kier molecular flexibility index (Phi) is 8.99. The van der Waals surface area contributed by atoms with Crippen molar-refractivity contribution in [3.63, 3.8) is 0 Å². The molecule has 0 bridgehead atoms. The van der Waals surface area contributed by atoms with Crippen LogP contribution < -0.4 is 10.2 Å². The minimum atomic E-state index is -0.719. The van der Waals surface area contributed by atoms with Gasteiger partial charge in [-0.25, -0.2) is 9.59 Å². The SMILES string of the molecule is CC(C)COC(=O)c1ccc(NC(=O)COC(=O)c2ccc(N3C(=O)[C@@H]4CC[C@@H](c5ccccc5)C[C@H]4C3=O)cc2)cc1. The minimum Gasteiger partial charge on any atom is -0.462 e. The first-order valence-corrected chi connectivity index (χ1v) is 14.5. The Morgan fingerprint density at radius 2 is 1.40 bits per heavy atom. The molecular weight excluding hydrogens is 548 g/mol.